The molecule has 0 radical (unpaired) electrons. The molecular weight excluding hydrogens is 320 g/mol. The van der Waals surface area contributed by atoms with Gasteiger partial charge in [0.2, 0.25) is 0 Å². The number of nitrogens with zero attached hydrogens (tertiary/aromatic N) is 3. The SMILES string of the molecule is Cc1cc2nc(/C(C#N)=C/c3ccc(N4CCCC4)cc3)[nH]c2cc1C. The van der Waals surface area contributed by atoms with Crippen LogP contribution in [0.1, 0.15) is 35.4 Å². The monoisotopic (exact) mass is 342 g/mol. The van der Waals surface area contributed by atoms with Crippen molar-refractivity contribution < 1.29 is 0 Å². The van der Waals surface area contributed by atoms with Crippen molar-refractivity contribution in [3.8, 4) is 6.07 Å². The second kappa shape index (κ2) is 6.68. The minimum Gasteiger partial charge on any atom is -0.372 e. The highest BCUT2D eigenvalue weighted by Crippen LogP contribution is 2.24. The molecule has 0 atom stereocenters. The van der Waals surface area contributed by atoms with Crippen LogP contribution in [0.15, 0.2) is 36.4 Å². The maximum Gasteiger partial charge on any atom is 0.149 e. The summed E-state index contributed by atoms with van der Waals surface area (Å²) >= 11 is 0. The summed E-state index contributed by atoms with van der Waals surface area (Å²) in [5.41, 5.74) is 7.10. The van der Waals surface area contributed by atoms with Crippen LogP contribution in [0, 0.1) is 25.2 Å². The number of hydrogen-bond acceptors (Lipinski definition) is 3. The van der Waals surface area contributed by atoms with Crippen molar-refractivity contribution in [3.05, 3.63) is 58.9 Å². The van der Waals surface area contributed by atoms with Gasteiger partial charge in [-0.05, 0) is 73.7 Å². The number of rotatable bonds is 3. The average molecular weight is 342 g/mol. The number of nitrogens with one attached hydrogen (secondary N) is 1. The first-order chi connectivity index (χ1) is 12.6. The maximum absolute atomic E-state index is 9.62. The molecule has 1 fully saturated rings. The number of benzene rings is 2. The summed E-state index contributed by atoms with van der Waals surface area (Å²) in [6.07, 6.45) is 4.43. The van der Waals surface area contributed by atoms with Gasteiger partial charge in [0.1, 0.15) is 11.9 Å². The lowest BCUT2D eigenvalue weighted by Gasteiger charge is -2.17. The molecule has 0 unspecified atom stereocenters. The smallest absolute Gasteiger partial charge is 0.149 e. The Labute approximate surface area is 153 Å². The van der Waals surface area contributed by atoms with E-state index in [0.29, 0.717) is 11.4 Å². The van der Waals surface area contributed by atoms with E-state index in [1.165, 1.54) is 29.7 Å². The van der Waals surface area contributed by atoms with Gasteiger partial charge in [0.15, 0.2) is 0 Å². The molecule has 3 aromatic rings. The standard InChI is InChI=1S/C22H22N4/c1-15-11-20-21(12-16(15)2)25-22(24-20)18(14-23)13-17-5-7-19(8-6-17)26-9-3-4-10-26/h5-8,11-13H,3-4,9-10H2,1-2H3,(H,24,25)/b18-13+. The summed E-state index contributed by atoms with van der Waals surface area (Å²) in [6.45, 7) is 6.43. The average Bonchev–Trinajstić information content (AvgIpc) is 3.30. The van der Waals surface area contributed by atoms with Gasteiger partial charge >= 0.3 is 0 Å². The quantitative estimate of drug-likeness (QED) is 0.693. The second-order valence-corrected chi connectivity index (χ2v) is 6.99. The number of allylic oxidation sites excluding steroid dienone is 1. The summed E-state index contributed by atoms with van der Waals surface area (Å²) in [4.78, 5) is 10.3. The maximum atomic E-state index is 9.62. The predicted octanol–water partition coefficient (Wildman–Crippen LogP) is 4.84. The Morgan fingerprint density at radius 2 is 1.81 bits per heavy atom. The molecule has 0 saturated carbocycles. The van der Waals surface area contributed by atoms with E-state index in [1.54, 1.807) is 0 Å². The van der Waals surface area contributed by atoms with Gasteiger partial charge in [-0.3, -0.25) is 0 Å². The number of anilines is 1. The molecule has 1 N–H and O–H groups in total. The minimum atomic E-state index is 0.547. The summed E-state index contributed by atoms with van der Waals surface area (Å²) in [5, 5.41) is 9.62. The molecule has 1 saturated heterocycles. The number of imidazole rings is 1. The number of aryl methyl sites for hydroxylation is 2. The van der Waals surface area contributed by atoms with Gasteiger partial charge in [-0.15, -0.1) is 0 Å². The lowest BCUT2D eigenvalue weighted by Crippen LogP contribution is -2.17. The highest BCUT2D eigenvalue weighted by molar-refractivity contribution is 5.90. The Balaban J connectivity index is 1.65. The third kappa shape index (κ3) is 3.09. The lowest BCUT2D eigenvalue weighted by atomic mass is 10.1. The van der Waals surface area contributed by atoms with Crippen molar-refractivity contribution >= 4 is 28.4 Å². The van der Waals surface area contributed by atoms with Gasteiger partial charge in [-0.1, -0.05) is 12.1 Å². The number of fused-ring (bicyclic) bond motifs is 1. The second-order valence-electron chi connectivity index (χ2n) is 6.99. The van der Waals surface area contributed by atoms with Crippen molar-refractivity contribution in [3.63, 3.8) is 0 Å². The van der Waals surface area contributed by atoms with E-state index >= 15 is 0 Å². The summed E-state index contributed by atoms with van der Waals surface area (Å²) in [6, 6.07) is 14.8. The number of aromatic amines is 1. The van der Waals surface area contributed by atoms with Crippen molar-refractivity contribution in [2.45, 2.75) is 26.7 Å². The van der Waals surface area contributed by atoms with E-state index in [1.807, 2.05) is 6.08 Å². The predicted molar refractivity (Wildman–Crippen MR) is 107 cm³/mol. The third-order valence-electron chi connectivity index (χ3n) is 5.15. The van der Waals surface area contributed by atoms with Crippen molar-refractivity contribution in [2.24, 2.45) is 0 Å². The molecule has 2 heterocycles. The molecule has 26 heavy (non-hydrogen) atoms. The number of nitriles is 1. The number of aromatic nitrogens is 2. The highest BCUT2D eigenvalue weighted by Gasteiger charge is 2.12. The first kappa shape index (κ1) is 16.4. The number of hydrogen-bond donors (Lipinski definition) is 1. The molecule has 2 aromatic carbocycles. The van der Waals surface area contributed by atoms with Crippen LogP contribution in [0.5, 0.6) is 0 Å². The fourth-order valence-corrected chi connectivity index (χ4v) is 3.47. The molecule has 1 aliphatic heterocycles. The Morgan fingerprint density at radius 3 is 2.50 bits per heavy atom. The van der Waals surface area contributed by atoms with Gasteiger partial charge in [0.05, 0.1) is 16.6 Å². The van der Waals surface area contributed by atoms with Crippen LogP contribution in [0.25, 0.3) is 22.7 Å². The zero-order valence-electron chi connectivity index (χ0n) is 15.2. The van der Waals surface area contributed by atoms with Crippen molar-refractivity contribution in [2.75, 3.05) is 18.0 Å². The van der Waals surface area contributed by atoms with E-state index in [-0.39, 0.29) is 0 Å². The third-order valence-corrected chi connectivity index (χ3v) is 5.15. The fourth-order valence-electron chi connectivity index (χ4n) is 3.47. The number of H-pyrrole nitrogens is 1. The molecule has 1 aliphatic rings. The van der Waals surface area contributed by atoms with Gasteiger partial charge in [0.25, 0.3) is 0 Å². The van der Waals surface area contributed by atoms with Crippen LogP contribution >= 0.6 is 0 Å². The van der Waals surface area contributed by atoms with Crippen LogP contribution in [0.3, 0.4) is 0 Å². The summed E-state index contributed by atoms with van der Waals surface area (Å²) in [5.74, 6) is 0.621. The zero-order chi connectivity index (χ0) is 18.1. The lowest BCUT2D eigenvalue weighted by molar-refractivity contribution is 0.949. The molecular formula is C22H22N4. The van der Waals surface area contributed by atoms with Crippen LogP contribution in [0.2, 0.25) is 0 Å². The molecule has 1 aromatic heterocycles. The molecule has 4 rings (SSSR count). The van der Waals surface area contributed by atoms with Crippen LogP contribution < -0.4 is 4.90 Å². The van der Waals surface area contributed by atoms with Gasteiger partial charge in [0, 0.05) is 18.8 Å². The van der Waals surface area contributed by atoms with E-state index in [9.17, 15) is 5.26 Å². The minimum absolute atomic E-state index is 0.547. The molecule has 0 bridgehead atoms. The molecule has 0 amide bonds. The molecule has 0 spiro atoms. The molecule has 4 heteroatoms. The Hall–Kier alpha value is -3.06. The molecule has 130 valence electrons. The first-order valence-electron chi connectivity index (χ1n) is 9.08. The van der Waals surface area contributed by atoms with E-state index in [4.69, 9.17) is 0 Å². The van der Waals surface area contributed by atoms with Crippen molar-refractivity contribution in [1.29, 1.82) is 5.26 Å². The van der Waals surface area contributed by atoms with E-state index in [2.05, 4.69) is 71.2 Å². The van der Waals surface area contributed by atoms with Gasteiger partial charge in [-0.25, -0.2) is 4.98 Å². The fraction of sp³-hybridized carbons (Fsp3) is 0.273. The summed E-state index contributed by atoms with van der Waals surface area (Å²) in [7, 11) is 0. The zero-order valence-corrected chi connectivity index (χ0v) is 15.2. The van der Waals surface area contributed by atoms with Crippen LogP contribution in [-0.2, 0) is 0 Å². The molecule has 4 nitrogen and oxygen atoms in total. The summed E-state index contributed by atoms with van der Waals surface area (Å²) < 4.78 is 0. The Bertz CT molecular complexity index is 974. The first-order valence-corrected chi connectivity index (χ1v) is 9.08. The van der Waals surface area contributed by atoms with Gasteiger partial charge < -0.3 is 9.88 Å². The van der Waals surface area contributed by atoms with Crippen LogP contribution in [0.4, 0.5) is 5.69 Å². The van der Waals surface area contributed by atoms with E-state index < -0.39 is 0 Å². The Kier molecular flexibility index (Phi) is 4.22. The Morgan fingerprint density at radius 1 is 1.12 bits per heavy atom. The normalized spacial score (nSPS) is 14.8. The van der Waals surface area contributed by atoms with Crippen molar-refractivity contribution in [1.82, 2.24) is 9.97 Å². The topological polar surface area (TPSA) is 55.7 Å². The largest absolute Gasteiger partial charge is 0.372 e. The van der Waals surface area contributed by atoms with Crippen LogP contribution in [-0.4, -0.2) is 23.1 Å². The van der Waals surface area contributed by atoms with Gasteiger partial charge in [-0.2, -0.15) is 5.26 Å². The van der Waals surface area contributed by atoms with E-state index in [0.717, 1.165) is 29.7 Å². The highest BCUT2D eigenvalue weighted by atomic mass is 15.1. The molecule has 0 aliphatic carbocycles.